The van der Waals surface area contributed by atoms with Crippen molar-refractivity contribution in [1.82, 2.24) is 4.90 Å². The largest absolute Gasteiger partial charge is 0.484 e. The number of anilines is 1. The Kier molecular flexibility index (Phi) is 6.41. The number of carbonyl (C=O) groups is 2. The molecule has 0 atom stereocenters. The number of hydrogen-bond donors (Lipinski definition) is 1. The second-order valence-electron chi connectivity index (χ2n) is 6.76. The van der Waals surface area contributed by atoms with Gasteiger partial charge in [-0.1, -0.05) is 18.2 Å². The van der Waals surface area contributed by atoms with E-state index in [4.69, 9.17) is 4.74 Å². The van der Waals surface area contributed by atoms with E-state index in [0.717, 1.165) is 31.4 Å². The molecule has 2 aromatic rings. The number of piperidine rings is 1. The van der Waals surface area contributed by atoms with Crippen molar-refractivity contribution in [2.75, 3.05) is 25.0 Å². The molecule has 0 bridgehead atoms. The highest BCUT2D eigenvalue weighted by molar-refractivity contribution is 6.04. The van der Waals surface area contributed by atoms with Crippen LogP contribution in [0.4, 0.5) is 18.9 Å². The Morgan fingerprint density at radius 2 is 1.72 bits per heavy atom. The van der Waals surface area contributed by atoms with Crippen LogP contribution in [-0.2, 0) is 11.0 Å². The fourth-order valence-corrected chi connectivity index (χ4v) is 3.14. The molecule has 1 fully saturated rings. The molecule has 0 saturated carbocycles. The Bertz CT molecular complexity index is 877. The summed E-state index contributed by atoms with van der Waals surface area (Å²) in [4.78, 5) is 26.7. The number of alkyl halides is 3. The first-order valence-electron chi connectivity index (χ1n) is 9.33. The van der Waals surface area contributed by atoms with Crippen LogP contribution in [0.15, 0.2) is 48.5 Å². The standard InChI is InChI=1S/C21H21F3N2O3/c22-21(23,24)15-7-6-8-16(13-15)29-14-19(27)25-18-10-3-2-9-17(18)20(28)26-11-4-1-5-12-26/h2-3,6-10,13H,1,4-5,11-12,14H2,(H,25,27). The van der Waals surface area contributed by atoms with Gasteiger partial charge >= 0.3 is 6.18 Å². The number of nitrogens with one attached hydrogen (secondary N) is 1. The van der Waals surface area contributed by atoms with Crippen LogP contribution in [0.25, 0.3) is 0 Å². The summed E-state index contributed by atoms with van der Waals surface area (Å²) in [5, 5.41) is 2.61. The Morgan fingerprint density at radius 3 is 2.45 bits per heavy atom. The van der Waals surface area contributed by atoms with Crippen LogP contribution in [0, 0.1) is 0 Å². The third-order valence-electron chi connectivity index (χ3n) is 4.61. The molecule has 0 unspecified atom stereocenters. The number of nitrogens with zero attached hydrogens (tertiary/aromatic N) is 1. The number of carbonyl (C=O) groups excluding carboxylic acids is 2. The van der Waals surface area contributed by atoms with Gasteiger partial charge in [-0.3, -0.25) is 9.59 Å². The van der Waals surface area contributed by atoms with Crippen molar-refractivity contribution in [1.29, 1.82) is 0 Å². The second kappa shape index (κ2) is 8.98. The number of amides is 2. The first kappa shape index (κ1) is 20.7. The third-order valence-corrected chi connectivity index (χ3v) is 4.61. The zero-order chi connectivity index (χ0) is 20.9. The van der Waals surface area contributed by atoms with Crippen molar-refractivity contribution in [2.45, 2.75) is 25.4 Å². The Hall–Kier alpha value is -3.03. The Balaban J connectivity index is 1.63. The van der Waals surface area contributed by atoms with Gasteiger partial charge in [-0.15, -0.1) is 0 Å². The first-order valence-corrected chi connectivity index (χ1v) is 9.33. The van der Waals surface area contributed by atoms with Gasteiger partial charge in [0.15, 0.2) is 6.61 Å². The minimum absolute atomic E-state index is 0.0624. The topological polar surface area (TPSA) is 58.6 Å². The van der Waals surface area contributed by atoms with Gasteiger partial charge in [0.1, 0.15) is 5.75 Å². The third kappa shape index (κ3) is 5.49. The van der Waals surface area contributed by atoms with Gasteiger partial charge in [0.25, 0.3) is 11.8 Å². The molecule has 154 valence electrons. The minimum atomic E-state index is -4.49. The number of hydrogen-bond acceptors (Lipinski definition) is 3. The molecule has 2 aromatic carbocycles. The van der Waals surface area contributed by atoms with Crippen molar-refractivity contribution >= 4 is 17.5 Å². The summed E-state index contributed by atoms with van der Waals surface area (Å²) < 4.78 is 43.5. The molecule has 0 spiro atoms. The summed E-state index contributed by atoms with van der Waals surface area (Å²) in [6, 6.07) is 11.0. The van der Waals surface area contributed by atoms with Gasteiger partial charge in [-0.2, -0.15) is 13.2 Å². The van der Waals surface area contributed by atoms with Crippen molar-refractivity contribution in [3.8, 4) is 5.75 Å². The van der Waals surface area contributed by atoms with Crippen molar-refractivity contribution < 1.29 is 27.5 Å². The Labute approximate surface area is 166 Å². The van der Waals surface area contributed by atoms with Gasteiger partial charge in [-0.05, 0) is 49.6 Å². The quantitative estimate of drug-likeness (QED) is 0.803. The van der Waals surface area contributed by atoms with Crippen LogP contribution in [0.1, 0.15) is 35.2 Å². The van der Waals surface area contributed by atoms with Crippen LogP contribution in [0.2, 0.25) is 0 Å². The first-order chi connectivity index (χ1) is 13.8. The highest BCUT2D eigenvalue weighted by atomic mass is 19.4. The fourth-order valence-electron chi connectivity index (χ4n) is 3.14. The van der Waals surface area contributed by atoms with Crippen molar-refractivity contribution in [2.24, 2.45) is 0 Å². The van der Waals surface area contributed by atoms with E-state index < -0.39 is 24.3 Å². The molecule has 0 radical (unpaired) electrons. The average molecular weight is 406 g/mol. The van der Waals surface area contributed by atoms with E-state index >= 15 is 0 Å². The van der Waals surface area contributed by atoms with E-state index in [0.29, 0.717) is 24.3 Å². The van der Waals surface area contributed by atoms with E-state index in [1.165, 1.54) is 12.1 Å². The zero-order valence-electron chi connectivity index (χ0n) is 15.7. The maximum atomic E-state index is 12.8. The van der Waals surface area contributed by atoms with Crippen molar-refractivity contribution in [3.05, 3.63) is 59.7 Å². The summed E-state index contributed by atoms with van der Waals surface area (Å²) in [5.41, 5.74) is -0.129. The maximum Gasteiger partial charge on any atom is 0.416 e. The van der Waals surface area contributed by atoms with E-state index in [1.54, 1.807) is 29.2 Å². The van der Waals surface area contributed by atoms with Crippen LogP contribution in [0.3, 0.4) is 0 Å². The second-order valence-corrected chi connectivity index (χ2v) is 6.76. The molecule has 1 heterocycles. The van der Waals surface area contributed by atoms with E-state index in [9.17, 15) is 22.8 Å². The number of likely N-dealkylation sites (tertiary alicyclic amines) is 1. The van der Waals surface area contributed by atoms with Gasteiger partial charge in [0.2, 0.25) is 0 Å². The lowest BCUT2D eigenvalue weighted by atomic mass is 10.1. The maximum absolute atomic E-state index is 12.8. The summed E-state index contributed by atoms with van der Waals surface area (Å²) in [6.45, 7) is 0.882. The predicted octanol–water partition coefficient (Wildman–Crippen LogP) is 4.35. The molecule has 3 rings (SSSR count). The molecule has 1 saturated heterocycles. The molecule has 0 aromatic heterocycles. The molecule has 1 aliphatic rings. The molecule has 8 heteroatoms. The molecule has 29 heavy (non-hydrogen) atoms. The molecular formula is C21H21F3N2O3. The smallest absolute Gasteiger partial charge is 0.416 e. The monoisotopic (exact) mass is 406 g/mol. The zero-order valence-corrected chi connectivity index (χ0v) is 15.7. The SMILES string of the molecule is O=C(COc1cccc(C(F)(F)F)c1)Nc1ccccc1C(=O)N1CCCCC1. The van der Waals surface area contributed by atoms with E-state index in [2.05, 4.69) is 5.32 Å². The number of para-hydroxylation sites is 1. The van der Waals surface area contributed by atoms with Crippen LogP contribution < -0.4 is 10.1 Å². The summed E-state index contributed by atoms with van der Waals surface area (Å²) in [7, 11) is 0. The predicted molar refractivity (Wildman–Crippen MR) is 102 cm³/mol. The number of benzene rings is 2. The summed E-state index contributed by atoms with van der Waals surface area (Å²) in [5.74, 6) is -0.784. The highest BCUT2D eigenvalue weighted by Crippen LogP contribution is 2.31. The van der Waals surface area contributed by atoms with Crippen LogP contribution in [0.5, 0.6) is 5.75 Å². The summed E-state index contributed by atoms with van der Waals surface area (Å²) >= 11 is 0. The van der Waals surface area contributed by atoms with Crippen LogP contribution in [-0.4, -0.2) is 36.4 Å². The lowest BCUT2D eigenvalue weighted by Crippen LogP contribution is -2.36. The molecule has 1 aliphatic heterocycles. The highest BCUT2D eigenvalue weighted by Gasteiger charge is 2.30. The van der Waals surface area contributed by atoms with Gasteiger partial charge < -0.3 is 15.0 Å². The van der Waals surface area contributed by atoms with Gasteiger partial charge in [0, 0.05) is 13.1 Å². The summed E-state index contributed by atoms with van der Waals surface area (Å²) in [6.07, 6.45) is -1.50. The molecule has 2 amide bonds. The normalized spacial score (nSPS) is 14.4. The van der Waals surface area contributed by atoms with Gasteiger partial charge in [0.05, 0.1) is 16.8 Å². The lowest BCUT2D eigenvalue weighted by Gasteiger charge is -2.27. The molecular weight excluding hydrogens is 385 g/mol. The van der Waals surface area contributed by atoms with E-state index in [1.807, 2.05) is 0 Å². The van der Waals surface area contributed by atoms with Crippen LogP contribution >= 0.6 is 0 Å². The molecule has 1 N–H and O–H groups in total. The number of ether oxygens (including phenoxy) is 1. The minimum Gasteiger partial charge on any atom is -0.484 e. The lowest BCUT2D eigenvalue weighted by molar-refractivity contribution is -0.137. The van der Waals surface area contributed by atoms with Crippen molar-refractivity contribution in [3.63, 3.8) is 0 Å². The Morgan fingerprint density at radius 1 is 1.00 bits per heavy atom. The number of halogens is 3. The molecule has 0 aliphatic carbocycles. The van der Waals surface area contributed by atoms with E-state index in [-0.39, 0.29) is 11.7 Å². The van der Waals surface area contributed by atoms with Gasteiger partial charge in [-0.25, -0.2) is 0 Å². The average Bonchev–Trinajstić information content (AvgIpc) is 2.72. The molecule has 5 nitrogen and oxygen atoms in total. The number of rotatable bonds is 5. The fraction of sp³-hybridized carbons (Fsp3) is 0.333.